The van der Waals surface area contributed by atoms with Crippen LogP contribution in [0.4, 0.5) is 11.4 Å². The molecule has 0 bridgehead atoms. The summed E-state index contributed by atoms with van der Waals surface area (Å²) >= 11 is 0. The lowest BCUT2D eigenvalue weighted by Gasteiger charge is -2.28. The molecule has 0 atom stereocenters. The van der Waals surface area contributed by atoms with Gasteiger partial charge in [-0.3, -0.25) is 9.59 Å². The van der Waals surface area contributed by atoms with Crippen molar-refractivity contribution in [2.24, 2.45) is 0 Å². The van der Waals surface area contributed by atoms with E-state index in [2.05, 4.69) is 15.5 Å². The van der Waals surface area contributed by atoms with Crippen LogP contribution in [0, 0.1) is 0 Å². The number of nitrogens with zero attached hydrogens (tertiary/aromatic N) is 1. The van der Waals surface area contributed by atoms with Crippen molar-refractivity contribution in [2.75, 3.05) is 36.5 Å². The summed E-state index contributed by atoms with van der Waals surface area (Å²) in [4.78, 5) is 27.2. The first-order chi connectivity index (χ1) is 13.2. The van der Waals surface area contributed by atoms with Gasteiger partial charge in [-0.1, -0.05) is 12.1 Å². The molecule has 2 amide bonds. The Kier molecular flexibility index (Phi) is 5.07. The van der Waals surface area contributed by atoms with Gasteiger partial charge in [-0.15, -0.1) is 0 Å². The molecule has 6 nitrogen and oxygen atoms in total. The molecule has 1 heterocycles. The van der Waals surface area contributed by atoms with E-state index in [1.165, 1.54) is 0 Å². The number of rotatable bonds is 5. The Hall–Kier alpha value is -2.86. The van der Waals surface area contributed by atoms with Crippen LogP contribution >= 0.6 is 0 Å². The van der Waals surface area contributed by atoms with Gasteiger partial charge in [0, 0.05) is 30.4 Å². The number of para-hydroxylation sites is 1. The molecule has 1 saturated carbocycles. The summed E-state index contributed by atoms with van der Waals surface area (Å²) in [7, 11) is 0. The van der Waals surface area contributed by atoms with E-state index in [0.717, 1.165) is 44.8 Å². The van der Waals surface area contributed by atoms with Crippen molar-refractivity contribution in [1.29, 1.82) is 0 Å². The second-order valence-electron chi connectivity index (χ2n) is 6.89. The predicted octanol–water partition coefficient (Wildman–Crippen LogP) is 2.67. The molecule has 1 aliphatic heterocycles. The van der Waals surface area contributed by atoms with Crippen molar-refractivity contribution in [1.82, 2.24) is 5.32 Å². The number of hydrogen-bond acceptors (Lipinski definition) is 4. The van der Waals surface area contributed by atoms with Crippen LogP contribution in [0.3, 0.4) is 0 Å². The molecule has 0 radical (unpaired) electrons. The molecule has 0 unspecified atom stereocenters. The van der Waals surface area contributed by atoms with Crippen LogP contribution in [0.1, 0.15) is 33.6 Å². The van der Waals surface area contributed by atoms with Gasteiger partial charge in [0.15, 0.2) is 0 Å². The summed E-state index contributed by atoms with van der Waals surface area (Å²) in [5.74, 6) is -0.369. The van der Waals surface area contributed by atoms with Crippen molar-refractivity contribution < 1.29 is 14.3 Å². The number of carbonyl (C=O) groups excluding carboxylic acids is 2. The Morgan fingerprint density at radius 2 is 1.63 bits per heavy atom. The third kappa shape index (κ3) is 4.28. The summed E-state index contributed by atoms with van der Waals surface area (Å²) < 4.78 is 5.37. The summed E-state index contributed by atoms with van der Waals surface area (Å²) in [6.45, 7) is 3.16. The fourth-order valence-electron chi connectivity index (χ4n) is 3.12. The molecule has 1 saturated heterocycles. The van der Waals surface area contributed by atoms with Gasteiger partial charge < -0.3 is 20.3 Å². The van der Waals surface area contributed by atoms with E-state index in [4.69, 9.17) is 4.74 Å². The molecule has 2 fully saturated rings. The molecule has 6 heteroatoms. The highest BCUT2D eigenvalue weighted by Crippen LogP contribution is 2.22. The molecular formula is C21H23N3O3. The quantitative estimate of drug-likeness (QED) is 0.855. The highest BCUT2D eigenvalue weighted by Gasteiger charge is 2.25. The van der Waals surface area contributed by atoms with Gasteiger partial charge in [0.1, 0.15) is 0 Å². The predicted molar refractivity (Wildman–Crippen MR) is 104 cm³/mol. The molecule has 140 valence electrons. The van der Waals surface area contributed by atoms with Crippen molar-refractivity contribution in [2.45, 2.75) is 18.9 Å². The number of morpholine rings is 1. The van der Waals surface area contributed by atoms with Crippen LogP contribution in [0.25, 0.3) is 0 Å². The summed E-state index contributed by atoms with van der Waals surface area (Å²) in [5, 5.41) is 5.83. The van der Waals surface area contributed by atoms with Gasteiger partial charge in [0.2, 0.25) is 0 Å². The summed E-state index contributed by atoms with van der Waals surface area (Å²) in [6, 6.07) is 14.9. The number of anilines is 2. The Labute approximate surface area is 158 Å². The first-order valence-electron chi connectivity index (χ1n) is 9.35. The number of nitrogens with one attached hydrogen (secondary N) is 2. The van der Waals surface area contributed by atoms with E-state index >= 15 is 0 Å². The van der Waals surface area contributed by atoms with Crippen molar-refractivity contribution in [3.63, 3.8) is 0 Å². The monoisotopic (exact) mass is 365 g/mol. The highest BCUT2D eigenvalue weighted by atomic mass is 16.5. The normalized spacial score (nSPS) is 16.7. The zero-order chi connectivity index (χ0) is 18.6. The molecule has 2 N–H and O–H groups in total. The average molecular weight is 365 g/mol. The SMILES string of the molecule is O=C(Nc1ccccc1C(=O)NC1CC1)c1ccc(N2CCOCC2)cc1. The standard InChI is InChI=1S/C21H23N3O3/c25-20(15-5-9-17(10-6-15)24-11-13-27-14-12-24)23-19-4-2-1-3-18(19)21(26)22-16-7-8-16/h1-6,9-10,16H,7-8,11-14H2,(H,22,26)(H,23,25). The molecule has 0 spiro atoms. The fraction of sp³-hybridized carbons (Fsp3) is 0.333. The maximum Gasteiger partial charge on any atom is 0.255 e. The van der Waals surface area contributed by atoms with E-state index < -0.39 is 0 Å². The van der Waals surface area contributed by atoms with Crippen LogP contribution in [-0.4, -0.2) is 44.2 Å². The number of carbonyl (C=O) groups is 2. The zero-order valence-electron chi connectivity index (χ0n) is 15.1. The van der Waals surface area contributed by atoms with E-state index in [9.17, 15) is 9.59 Å². The zero-order valence-corrected chi connectivity index (χ0v) is 15.1. The second-order valence-corrected chi connectivity index (χ2v) is 6.89. The van der Waals surface area contributed by atoms with E-state index in [1.54, 1.807) is 18.2 Å². The average Bonchev–Trinajstić information content (AvgIpc) is 3.53. The smallest absolute Gasteiger partial charge is 0.255 e. The Balaban J connectivity index is 1.45. The van der Waals surface area contributed by atoms with E-state index in [-0.39, 0.29) is 17.9 Å². The van der Waals surface area contributed by atoms with Gasteiger partial charge in [0.25, 0.3) is 11.8 Å². The topological polar surface area (TPSA) is 70.7 Å². The van der Waals surface area contributed by atoms with Gasteiger partial charge in [-0.05, 0) is 49.2 Å². The van der Waals surface area contributed by atoms with Crippen LogP contribution in [0.15, 0.2) is 48.5 Å². The summed E-state index contributed by atoms with van der Waals surface area (Å²) in [5.41, 5.74) is 2.66. The number of amides is 2. The van der Waals surface area contributed by atoms with Crippen molar-refractivity contribution in [3.8, 4) is 0 Å². The minimum atomic E-state index is -0.227. The molecular weight excluding hydrogens is 342 g/mol. The van der Waals surface area contributed by atoms with Gasteiger partial charge in [-0.25, -0.2) is 0 Å². The van der Waals surface area contributed by atoms with Crippen LogP contribution < -0.4 is 15.5 Å². The molecule has 2 aliphatic rings. The molecule has 1 aliphatic carbocycles. The lowest BCUT2D eigenvalue weighted by Crippen LogP contribution is -2.36. The molecule has 4 rings (SSSR count). The minimum absolute atomic E-state index is 0.143. The molecule has 0 aromatic heterocycles. The maximum absolute atomic E-state index is 12.6. The van der Waals surface area contributed by atoms with Crippen molar-refractivity contribution in [3.05, 3.63) is 59.7 Å². The van der Waals surface area contributed by atoms with Gasteiger partial charge >= 0.3 is 0 Å². The first kappa shape index (κ1) is 17.5. The number of ether oxygens (including phenoxy) is 1. The minimum Gasteiger partial charge on any atom is -0.378 e. The fourth-order valence-corrected chi connectivity index (χ4v) is 3.12. The molecule has 2 aromatic carbocycles. The molecule has 27 heavy (non-hydrogen) atoms. The number of benzene rings is 2. The van der Waals surface area contributed by atoms with Crippen LogP contribution in [-0.2, 0) is 4.74 Å². The lowest BCUT2D eigenvalue weighted by molar-refractivity contribution is 0.0952. The first-order valence-corrected chi connectivity index (χ1v) is 9.35. The molecule has 2 aromatic rings. The second kappa shape index (κ2) is 7.80. The Morgan fingerprint density at radius 3 is 2.33 bits per heavy atom. The third-order valence-electron chi connectivity index (χ3n) is 4.84. The van der Waals surface area contributed by atoms with E-state index in [0.29, 0.717) is 16.8 Å². The maximum atomic E-state index is 12.6. The highest BCUT2D eigenvalue weighted by molar-refractivity contribution is 6.09. The summed E-state index contributed by atoms with van der Waals surface area (Å²) in [6.07, 6.45) is 2.05. The lowest BCUT2D eigenvalue weighted by atomic mass is 10.1. The Morgan fingerprint density at radius 1 is 0.926 bits per heavy atom. The number of hydrogen-bond donors (Lipinski definition) is 2. The third-order valence-corrected chi connectivity index (χ3v) is 4.84. The van der Waals surface area contributed by atoms with Crippen molar-refractivity contribution >= 4 is 23.2 Å². The Bertz CT molecular complexity index is 825. The van der Waals surface area contributed by atoms with Crippen LogP contribution in [0.5, 0.6) is 0 Å². The van der Waals surface area contributed by atoms with Crippen LogP contribution in [0.2, 0.25) is 0 Å². The van der Waals surface area contributed by atoms with E-state index in [1.807, 2.05) is 30.3 Å². The van der Waals surface area contributed by atoms with Gasteiger partial charge in [-0.2, -0.15) is 0 Å². The van der Waals surface area contributed by atoms with Gasteiger partial charge in [0.05, 0.1) is 24.5 Å². The largest absolute Gasteiger partial charge is 0.378 e.